The van der Waals surface area contributed by atoms with Gasteiger partial charge in [0.05, 0.1) is 22.9 Å². The largest absolute Gasteiger partial charge is 0.493 e. The van der Waals surface area contributed by atoms with Gasteiger partial charge in [0, 0.05) is 42.2 Å². The molecule has 1 atom stereocenters. The Bertz CT molecular complexity index is 2030. The van der Waals surface area contributed by atoms with Crippen molar-refractivity contribution in [3.63, 3.8) is 0 Å². The lowest BCUT2D eigenvalue weighted by atomic mass is 9.86. The van der Waals surface area contributed by atoms with Crippen LogP contribution in [0.4, 0.5) is 21.6 Å². The zero-order valence-corrected chi connectivity index (χ0v) is 27.5. The first-order valence-electron chi connectivity index (χ1n) is 16.3. The number of nitrogen functional groups attached to an aromatic ring is 1. The van der Waals surface area contributed by atoms with Crippen molar-refractivity contribution in [3.8, 4) is 5.75 Å². The molecule has 250 valence electrons. The topological polar surface area (TPSA) is 144 Å². The number of fused-ring (bicyclic) bond motifs is 5. The number of halogens is 1. The molecule has 1 aliphatic heterocycles. The SMILES string of the molecule is CN1Cc2cc(ccc2S(=O)(=O)C2CC2)NC(=O)CCc2cc(ccc2OCC2CCC2)C(Nc2ccc3c(N)ncc(F)c3c2)C1=O. The number of nitrogens with one attached hydrogen (secondary N) is 2. The number of aromatic nitrogens is 1. The third-order valence-corrected chi connectivity index (χ3v) is 11.9. The zero-order valence-electron chi connectivity index (χ0n) is 26.7. The Morgan fingerprint density at radius 1 is 1.00 bits per heavy atom. The molecule has 0 radical (unpaired) electrons. The predicted octanol–water partition coefficient (Wildman–Crippen LogP) is 5.77. The Morgan fingerprint density at radius 3 is 2.56 bits per heavy atom. The third kappa shape index (κ3) is 6.41. The van der Waals surface area contributed by atoms with Gasteiger partial charge in [-0.05, 0) is 103 Å². The highest BCUT2D eigenvalue weighted by Gasteiger charge is 2.38. The Hall–Kier alpha value is -4.71. The second kappa shape index (κ2) is 12.7. The standard InChI is InChI=1S/C36H38FN5O5S/c1-42-19-24-16-25(8-13-32(24)48(45,46)27-9-10-27)40-33(43)14-6-22-15-23(5-12-31(22)47-20-21-3-2-4-21)34(36(42)44)41-26-7-11-28-29(17-26)30(37)18-39-35(28)38/h5,7-8,11-13,15-18,21,27,34,41H,2-4,6,9-10,14,19-20H2,1H3,(H2,38,39)(H,40,43). The van der Waals surface area contributed by atoms with E-state index in [2.05, 4.69) is 15.6 Å². The van der Waals surface area contributed by atoms with Crippen molar-refractivity contribution in [2.24, 2.45) is 5.92 Å². The molecule has 2 aliphatic carbocycles. The number of benzene rings is 3. The fourth-order valence-electron chi connectivity index (χ4n) is 6.40. The number of pyridine rings is 1. The number of aryl methyl sites for hydroxylation is 1. The van der Waals surface area contributed by atoms with Gasteiger partial charge in [-0.15, -0.1) is 0 Å². The zero-order chi connectivity index (χ0) is 33.6. The van der Waals surface area contributed by atoms with Gasteiger partial charge in [-0.25, -0.2) is 17.8 Å². The number of rotatable bonds is 7. The molecule has 7 rings (SSSR count). The maximum absolute atomic E-state index is 14.8. The minimum absolute atomic E-state index is 0.0218. The van der Waals surface area contributed by atoms with Gasteiger partial charge < -0.3 is 26.0 Å². The highest BCUT2D eigenvalue weighted by atomic mass is 32.2. The number of amides is 2. The van der Waals surface area contributed by atoms with Crippen molar-refractivity contribution < 1.29 is 27.1 Å². The fourth-order valence-corrected chi connectivity index (χ4v) is 8.26. The molecule has 4 bridgehead atoms. The molecule has 2 amide bonds. The van der Waals surface area contributed by atoms with E-state index < -0.39 is 26.9 Å². The van der Waals surface area contributed by atoms with E-state index in [9.17, 15) is 22.4 Å². The normalized spacial score (nSPS) is 19.0. The molecule has 48 heavy (non-hydrogen) atoms. The number of hydrogen-bond acceptors (Lipinski definition) is 8. The van der Waals surface area contributed by atoms with Crippen molar-refractivity contribution in [2.75, 3.05) is 30.0 Å². The van der Waals surface area contributed by atoms with Crippen LogP contribution in [0.3, 0.4) is 0 Å². The van der Waals surface area contributed by atoms with Gasteiger partial charge in [0.1, 0.15) is 23.4 Å². The second-order valence-electron chi connectivity index (χ2n) is 13.1. The number of hydrogen-bond donors (Lipinski definition) is 3. The lowest BCUT2D eigenvalue weighted by Gasteiger charge is -2.28. The molecule has 2 heterocycles. The summed E-state index contributed by atoms with van der Waals surface area (Å²) < 4.78 is 47.9. The molecule has 2 fully saturated rings. The highest BCUT2D eigenvalue weighted by Crippen LogP contribution is 2.37. The summed E-state index contributed by atoms with van der Waals surface area (Å²) in [6, 6.07) is 14.3. The number of nitrogens with zero attached hydrogens (tertiary/aromatic N) is 2. The first-order chi connectivity index (χ1) is 23.1. The summed E-state index contributed by atoms with van der Waals surface area (Å²) in [7, 11) is -1.99. The highest BCUT2D eigenvalue weighted by molar-refractivity contribution is 7.92. The summed E-state index contributed by atoms with van der Waals surface area (Å²) in [6.07, 6.45) is 6.19. The Balaban J connectivity index is 1.29. The Morgan fingerprint density at radius 2 is 1.81 bits per heavy atom. The van der Waals surface area contributed by atoms with Crippen LogP contribution in [0.5, 0.6) is 5.75 Å². The number of ether oxygens (including phenoxy) is 1. The van der Waals surface area contributed by atoms with Crippen LogP contribution in [0.2, 0.25) is 0 Å². The summed E-state index contributed by atoms with van der Waals surface area (Å²) in [5.74, 6) is 0.254. The van der Waals surface area contributed by atoms with Gasteiger partial charge >= 0.3 is 0 Å². The van der Waals surface area contributed by atoms with Gasteiger partial charge in [-0.3, -0.25) is 9.59 Å². The van der Waals surface area contributed by atoms with Crippen LogP contribution in [-0.4, -0.2) is 49.0 Å². The van der Waals surface area contributed by atoms with Gasteiger partial charge in [0.2, 0.25) is 11.8 Å². The molecule has 4 aromatic rings. The lowest BCUT2D eigenvalue weighted by Crippen LogP contribution is -2.35. The van der Waals surface area contributed by atoms with E-state index in [1.54, 1.807) is 37.4 Å². The molecular formula is C36H38FN5O5S. The summed E-state index contributed by atoms with van der Waals surface area (Å²) in [5.41, 5.74) is 8.75. The maximum Gasteiger partial charge on any atom is 0.249 e. The number of nitrogens with two attached hydrogens (primary N) is 1. The molecule has 3 aromatic carbocycles. The van der Waals surface area contributed by atoms with E-state index >= 15 is 0 Å². The van der Waals surface area contributed by atoms with Crippen molar-refractivity contribution in [1.82, 2.24) is 9.88 Å². The first kappa shape index (κ1) is 31.9. The fraction of sp³-hybridized carbons (Fsp3) is 0.361. The summed E-state index contributed by atoms with van der Waals surface area (Å²) in [6.45, 7) is 0.563. The Kier molecular flexibility index (Phi) is 8.44. The second-order valence-corrected chi connectivity index (χ2v) is 15.3. The summed E-state index contributed by atoms with van der Waals surface area (Å²) >= 11 is 0. The number of carbonyl (C=O) groups excluding carboxylic acids is 2. The first-order valence-corrected chi connectivity index (χ1v) is 17.9. The molecule has 0 spiro atoms. The molecule has 12 heteroatoms. The van der Waals surface area contributed by atoms with Gasteiger partial charge in [-0.1, -0.05) is 12.5 Å². The molecule has 1 aromatic heterocycles. The van der Waals surface area contributed by atoms with E-state index in [0.29, 0.717) is 65.4 Å². The monoisotopic (exact) mass is 671 g/mol. The van der Waals surface area contributed by atoms with Crippen LogP contribution >= 0.6 is 0 Å². The average Bonchev–Trinajstić information content (AvgIpc) is 3.90. The van der Waals surface area contributed by atoms with Gasteiger partial charge in [-0.2, -0.15) is 0 Å². The van der Waals surface area contributed by atoms with Crippen molar-refractivity contribution in [3.05, 3.63) is 83.3 Å². The maximum atomic E-state index is 14.8. The minimum Gasteiger partial charge on any atom is -0.493 e. The van der Waals surface area contributed by atoms with Crippen molar-refractivity contribution >= 4 is 49.6 Å². The van der Waals surface area contributed by atoms with Gasteiger partial charge in [0.25, 0.3) is 0 Å². The summed E-state index contributed by atoms with van der Waals surface area (Å²) in [4.78, 5) is 33.1. The molecule has 1 unspecified atom stereocenters. The smallest absolute Gasteiger partial charge is 0.249 e. The lowest BCUT2D eigenvalue weighted by molar-refractivity contribution is -0.131. The Labute approximate surface area is 278 Å². The van der Waals surface area contributed by atoms with E-state index in [1.807, 2.05) is 18.2 Å². The molecular weight excluding hydrogens is 633 g/mol. The number of sulfone groups is 1. The molecule has 0 saturated heterocycles. The van der Waals surface area contributed by atoms with E-state index in [4.69, 9.17) is 10.5 Å². The molecule has 10 nitrogen and oxygen atoms in total. The van der Waals surface area contributed by atoms with E-state index in [-0.39, 0.29) is 40.9 Å². The quantitative estimate of drug-likeness (QED) is 0.225. The van der Waals surface area contributed by atoms with Crippen LogP contribution in [0, 0.1) is 11.7 Å². The molecule has 3 aliphatic rings. The molecule has 2 saturated carbocycles. The van der Waals surface area contributed by atoms with Gasteiger partial charge in [0.15, 0.2) is 9.84 Å². The van der Waals surface area contributed by atoms with Crippen molar-refractivity contribution in [1.29, 1.82) is 0 Å². The van der Waals surface area contributed by atoms with Crippen LogP contribution in [0.15, 0.2) is 65.7 Å². The van der Waals surface area contributed by atoms with E-state index in [0.717, 1.165) is 24.6 Å². The summed E-state index contributed by atoms with van der Waals surface area (Å²) in [5, 5.41) is 6.48. The number of carbonyl (C=O) groups is 2. The minimum atomic E-state index is -3.60. The average molecular weight is 672 g/mol. The van der Waals surface area contributed by atoms with Crippen LogP contribution in [0.25, 0.3) is 10.8 Å². The third-order valence-electron chi connectivity index (χ3n) is 9.56. The van der Waals surface area contributed by atoms with Crippen LogP contribution in [0.1, 0.15) is 61.3 Å². The van der Waals surface area contributed by atoms with Crippen molar-refractivity contribution in [2.45, 2.75) is 67.7 Å². The van der Waals surface area contributed by atoms with Crippen LogP contribution in [-0.2, 0) is 32.4 Å². The number of anilines is 3. The predicted molar refractivity (Wildman–Crippen MR) is 182 cm³/mol. The number of likely N-dealkylation sites (N-methyl/N-ethyl adjacent to an activating group) is 1. The molecule has 4 N–H and O–H groups in total. The van der Waals surface area contributed by atoms with E-state index in [1.165, 1.54) is 17.4 Å². The van der Waals surface area contributed by atoms with Crippen LogP contribution < -0.4 is 21.1 Å².